The van der Waals surface area contributed by atoms with Crippen molar-refractivity contribution < 1.29 is 4.39 Å². The zero-order valence-electron chi connectivity index (χ0n) is 11.7. The van der Waals surface area contributed by atoms with Crippen molar-refractivity contribution in [2.45, 2.75) is 26.3 Å². The average Bonchev–Trinajstić information content (AvgIpc) is 2.43. The van der Waals surface area contributed by atoms with E-state index >= 15 is 0 Å². The third-order valence-electron chi connectivity index (χ3n) is 3.10. The Morgan fingerprint density at radius 2 is 2.10 bits per heavy atom. The standard InChI is InChI=1S/C16H18BrFN2/c1-3-7-20-16(15-9-11(2)6-8-19-15)13-10-12(17)4-5-14(13)18/h4-6,8-10,16,20H,3,7H2,1-2H3. The molecule has 2 aromatic rings. The molecule has 2 rings (SSSR count). The highest BCUT2D eigenvalue weighted by Gasteiger charge is 2.19. The zero-order valence-corrected chi connectivity index (χ0v) is 13.2. The van der Waals surface area contributed by atoms with Crippen LogP contribution < -0.4 is 5.32 Å². The number of aromatic nitrogens is 1. The van der Waals surface area contributed by atoms with Gasteiger partial charge in [0, 0.05) is 16.2 Å². The number of rotatable bonds is 5. The summed E-state index contributed by atoms with van der Waals surface area (Å²) in [5.74, 6) is -0.217. The Morgan fingerprint density at radius 1 is 1.30 bits per heavy atom. The second-order valence-electron chi connectivity index (χ2n) is 4.81. The van der Waals surface area contributed by atoms with E-state index in [1.54, 1.807) is 12.3 Å². The summed E-state index contributed by atoms with van der Waals surface area (Å²) in [7, 11) is 0. The van der Waals surface area contributed by atoms with E-state index in [0.29, 0.717) is 5.56 Å². The molecule has 0 spiro atoms. The van der Waals surface area contributed by atoms with Crippen LogP contribution in [0.5, 0.6) is 0 Å². The first kappa shape index (κ1) is 15.1. The van der Waals surface area contributed by atoms with Crippen molar-refractivity contribution in [1.29, 1.82) is 0 Å². The zero-order chi connectivity index (χ0) is 14.5. The normalized spacial score (nSPS) is 12.4. The van der Waals surface area contributed by atoms with Gasteiger partial charge in [-0.15, -0.1) is 0 Å². The molecule has 1 aromatic carbocycles. The van der Waals surface area contributed by atoms with E-state index in [9.17, 15) is 4.39 Å². The number of benzene rings is 1. The molecule has 0 saturated carbocycles. The Kier molecular flexibility index (Phi) is 5.26. The minimum Gasteiger partial charge on any atom is -0.305 e. The molecule has 0 radical (unpaired) electrons. The first-order valence-electron chi connectivity index (χ1n) is 6.72. The number of aryl methyl sites for hydroxylation is 1. The number of nitrogens with zero attached hydrogens (tertiary/aromatic N) is 1. The van der Waals surface area contributed by atoms with Crippen LogP contribution in [0.25, 0.3) is 0 Å². The van der Waals surface area contributed by atoms with Gasteiger partial charge in [0.05, 0.1) is 11.7 Å². The van der Waals surface area contributed by atoms with Gasteiger partial charge in [-0.2, -0.15) is 0 Å². The second kappa shape index (κ2) is 6.95. The van der Waals surface area contributed by atoms with Crippen LogP contribution in [-0.4, -0.2) is 11.5 Å². The lowest BCUT2D eigenvalue weighted by Crippen LogP contribution is -2.25. The van der Waals surface area contributed by atoms with Gasteiger partial charge in [-0.1, -0.05) is 22.9 Å². The molecule has 1 unspecified atom stereocenters. The quantitative estimate of drug-likeness (QED) is 0.876. The summed E-state index contributed by atoms with van der Waals surface area (Å²) in [6.07, 6.45) is 2.75. The molecule has 0 aliphatic carbocycles. The third-order valence-corrected chi connectivity index (χ3v) is 3.59. The van der Waals surface area contributed by atoms with Crippen LogP contribution in [0, 0.1) is 12.7 Å². The molecule has 1 N–H and O–H groups in total. The van der Waals surface area contributed by atoms with Crippen molar-refractivity contribution >= 4 is 15.9 Å². The van der Waals surface area contributed by atoms with Crippen LogP contribution in [0.15, 0.2) is 41.0 Å². The summed E-state index contributed by atoms with van der Waals surface area (Å²) in [6.45, 7) is 4.91. The van der Waals surface area contributed by atoms with Gasteiger partial charge in [0.1, 0.15) is 5.82 Å². The molecule has 2 nitrogen and oxygen atoms in total. The van der Waals surface area contributed by atoms with E-state index in [0.717, 1.165) is 28.7 Å². The Labute approximate surface area is 127 Å². The lowest BCUT2D eigenvalue weighted by Gasteiger charge is -2.20. The summed E-state index contributed by atoms with van der Waals surface area (Å²) < 4.78 is 15.0. The predicted molar refractivity (Wildman–Crippen MR) is 83.2 cm³/mol. The van der Waals surface area contributed by atoms with Crippen LogP contribution in [-0.2, 0) is 0 Å². The number of hydrogen-bond donors (Lipinski definition) is 1. The predicted octanol–water partition coefficient (Wildman–Crippen LogP) is 4.38. The maximum atomic E-state index is 14.1. The molecule has 0 aliphatic heterocycles. The molecule has 0 bridgehead atoms. The fourth-order valence-electron chi connectivity index (χ4n) is 2.12. The summed E-state index contributed by atoms with van der Waals surface area (Å²) in [6, 6.07) is 8.71. The Balaban J connectivity index is 2.44. The van der Waals surface area contributed by atoms with Crippen LogP contribution in [0.4, 0.5) is 4.39 Å². The minimum absolute atomic E-state index is 0.217. The van der Waals surface area contributed by atoms with Crippen molar-refractivity contribution in [3.8, 4) is 0 Å². The first-order chi connectivity index (χ1) is 9.61. The molecule has 20 heavy (non-hydrogen) atoms. The SMILES string of the molecule is CCCNC(c1cc(C)ccn1)c1cc(Br)ccc1F. The summed E-state index contributed by atoms with van der Waals surface area (Å²) >= 11 is 3.40. The monoisotopic (exact) mass is 336 g/mol. The fraction of sp³-hybridized carbons (Fsp3) is 0.312. The molecule has 0 saturated heterocycles. The van der Waals surface area contributed by atoms with Gasteiger partial charge in [-0.05, 0) is 55.8 Å². The van der Waals surface area contributed by atoms with E-state index in [1.165, 1.54) is 6.07 Å². The van der Waals surface area contributed by atoms with Crippen molar-refractivity contribution in [1.82, 2.24) is 10.3 Å². The number of hydrogen-bond acceptors (Lipinski definition) is 2. The van der Waals surface area contributed by atoms with Crippen molar-refractivity contribution in [3.05, 3.63) is 63.6 Å². The largest absolute Gasteiger partial charge is 0.305 e. The fourth-order valence-corrected chi connectivity index (χ4v) is 2.49. The molecule has 0 fully saturated rings. The van der Waals surface area contributed by atoms with Gasteiger partial charge in [0.25, 0.3) is 0 Å². The third kappa shape index (κ3) is 3.64. The maximum Gasteiger partial charge on any atom is 0.128 e. The van der Waals surface area contributed by atoms with Crippen LogP contribution >= 0.6 is 15.9 Å². The molecular formula is C16H18BrFN2. The molecule has 1 aromatic heterocycles. The van der Waals surface area contributed by atoms with E-state index < -0.39 is 0 Å². The van der Waals surface area contributed by atoms with E-state index in [1.807, 2.05) is 25.1 Å². The molecule has 4 heteroatoms. The minimum atomic E-state index is -0.229. The highest BCUT2D eigenvalue weighted by atomic mass is 79.9. The topological polar surface area (TPSA) is 24.9 Å². The van der Waals surface area contributed by atoms with Crippen molar-refractivity contribution in [2.75, 3.05) is 6.54 Å². The van der Waals surface area contributed by atoms with Gasteiger partial charge in [-0.3, -0.25) is 4.98 Å². The average molecular weight is 337 g/mol. The lowest BCUT2D eigenvalue weighted by molar-refractivity contribution is 0.539. The van der Waals surface area contributed by atoms with Gasteiger partial charge in [-0.25, -0.2) is 4.39 Å². The van der Waals surface area contributed by atoms with Crippen LogP contribution in [0.3, 0.4) is 0 Å². The van der Waals surface area contributed by atoms with Crippen molar-refractivity contribution in [3.63, 3.8) is 0 Å². The molecule has 106 valence electrons. The lowest BCUT2D eigenvalue weighted by atomic mass is 10.0. The summed E-state index contributed by atoms with van der Waals surface area (Å²) in [4.78, 5) is 4.40. The Hall–Kier alpha value is -1.26. The first-order valence-corrected chi connectivity index (χ1v) is 7.52. The molecule has 1 heterocycles. The van der Waals surface area contributed by atoms with Crippen LogP contribution in [0.1, 0.15) is 36.2 Å². The van der Waals surface area contributed by atoms with Gasteiger partial charge in [0.15, 0.2) is 0 Å². The highest BCUT2D eigenvalue weighted by molar-refractivity contribution is 9.10. The van der Waals surface area contributed by atoms with Crippen LogP contribution in [0.2, 0.25) is 0 Å². The van der Waals surface area contributed by atoms with E-state index in [4.69, 9.17) is 0 Å². The van der Waals surface area contributed by atoms with E-state index in [-0.39, 0.29) is 11.9 Å². The maximum absolute atomic E-state index is 14.1. The van der Waals surface area contributed by atoms with Gasteiger partial charge >= 0.3 is 0 Å². The molecule has 0 aliphatic rings. The number of pyridine rings is 1. The molecule has 0 amide bonds. The number of nitrogens with one attached hydrogen (secondary N) is 1. The Morgan fingerprint density at radius 3 is 2.80 bits per heavy atom. The highest BCUT2D eigenvalue weighted by Crippen LogP contribution is 2.26. The smallest absolute Gasteiger partial charge is 0.128 e. The molecule has 1 atom stereocenters. The Bertz CT molecular complexity index is 586. The number of halogens is 2. The van der Waals surface area contributed by atoms with Gasteiger partial charge < -0.3 is 5.32 Å². The summed E-state index contributed by atoms with van der Waals surface area (Å²) in [5.41, 5.74) is 2.58. The van der Waals surface area contributed by atoms with E-state index in [2.05, 4.69) is 33.2 Å². The van der Waals surface area contributed by atoms with Crippen molar-refractivity contribution in [2.24, 2.45) is 0 Å². The van der Waals surface area contributed by atoms with Gasteiger partial charge in [0.2, 0.25) is 0 Å². The molecular weight excluding hydrogens is 319 g/mol. The summed E-state index contributed by atoms with van der Waals surface area (Å²) in [5, 5.41) is 3.37. The second-order valence-corrected chi connectivity index (χ2v) is 5.73.